The number of guanidine groups is 1. The molecule has 3 N–H and O–H groups in total. The lowest BCUT2D eigenvalue weighted by Crippen LogP contribution is -2.38. The molecule has 8 heteroatoms. The van der Waals surface area contributed by atoms with Gasteiger partial charge in [0.1, 0.15) is 12.7 Å². The zero-order valence-electron chi connectivity index (χ0n) is 16.6. The molecule has 0 unspecified atom stereocenters. The van der Waals surface area contributed by atoms with E-state index in [1.54, 1.807) is 12.7 Å². The Morgan fingerprint density at radius 1 is 1.18 bits per heavy atom. The Kier molecular flexibility index (Phi) is 9.26. The predicted octanol–water partition coefficient (Wildman–Crippen LogP) is 3.26. The molecule has 0 spiro atoms. The third kappa shape index (κ3) is 6.22. The first-order chi connectivity index (χ1) is 13.3. The van der Waals surface area contributed by atoms with Gasteiger partial charge in [-0.05, 0) is 50.3 Å². The van der Waals surface area contributed by atoms with Crippen LogP contribution in [0.4, 0.5) is 0 Å². The zero-order chi connectivity index (χ0) is 18.9. The minimum absolute atomic E-state index is 0. The largest absolute Gasteiger partial charge is 0.361 e. The molecule has 3 aromatic rings. The molecule has 2 heterocycles. The Hall–Kier alpha value is -2.10. The van der Waals surface area contributed by atoms with Gasteiger partial charge in [0.25, 0.3) is 0 Å². The summed E-state index contributed by atoms with van der Waals surface area (Å²) in [5, 5.41) is 15.7. The highest BCUT2D eigenvalue weighted by molar-refractivity contribution is 14.0. The SMILES string of the molecule is CCNC(=NCCCCn1cnnc1)NCCc1c[nH]c2cccc(C)c12.I. The first kappa shape index (κ1) is 22.2. The van der Waals surface area contributed by atoms with Crippen molar-refractivity contribution in [3.8, 4) is 0 Å². The van der Waals surface area contributed by atoms with E-state index in [9.17, 15) is 0 Å². The van der Waals surface area contributed by atoms with E-state index in [2.05, 4.69) is 69.1 Å². The number of H-pyrrole nitrogens is 1. The maximum Gasteiger partial charge on any atom is 0.191 e. The minimum atomic E-state index is 0. The van der Waals surface area contributed by atoms with E-state index >= 15 is 0 Å². The fourth-order valence-electron chi connectivity index (χ4n) is 3.24. The Morgan fingerprint density at radius 3 is 2.79 bits per heavy atom. The Morgan fingerprint density at radius 2 is 2.00 bits per heavy atom. The van der Waals surface area contributed by atoms with Gasteiger partial charge >= 0.3 is 0 Å². The number of halogens is 1. The van der Waals surface area contributed by atoms with Crippen LogP contribution in [-0.2, 0) is 13.0 Å². The molecule has 0 radical (unpaired) electrons. The van der Waals surface area contributed by atoms with E-state index in [-0.39, 0.29) is 24.0 Å². The molecule has 0 aliphatic carbocycles. The molecule has 28 heavy (non-hydrogen) atoms. The van der Waals surface area contributed by atoms with Gasteiger partial charge in [-0.1, -0.05) is 12.1 Å². The van der Waals surface area contributed by atoms with Gasteiger partial charge in [0.15, 0.2) is 5.96 Å². The van der Waals surface area contributed by atoms with Crippen LogP contribution in [0.1, 0.15) is 30.9 Å². The average Bonchev–Trinajstić information content (AvgIpc) is 3.32. The average molecular weight is 495 g/mol. The summed E-state index contributed by atoms with van der Waals surface area (Å²) in [6.45, 7) is 7.72. The Bertz CT molecular complexity index is 855. The van der Waals surface area contributed by atoms with Gasteiger partial charge in [-0.15, -0.1) is 34.2 Å². The fourth-order valence-corrected chi connectivity index (χ4v) is 3.24. The maximum absolute atomic E-state index is 4.68. The summed E-state index contributed by atoms with van der Waals surface area (Å²) in [5.74, 6) is 0.887. The third-order valence-electron chi connectivity index (χ3n) is 4.59. The second-order valence-corrected chi connectivity index (χ2v) is 6.66. The molecule has 152 valence electrons. The van der Waals surface area contributed by atoms with E-state index in [0.29, 0.717) is 0 Å². The lowest BCUT2D eigenvalue weighted by atomic mass is 10.1. The molecule has 0 bridgehead atoms. The second kappa shape index (κ2) is 11.7. The van der Waals surface area contributed by atoms with Crippen molar-refractivity contribution < 1.29 is 0 Å². The van der Waals surface area contributed by atoms with Gasteiger partial charge in [0.2, 0.25) is 0 Å². The Balaban J connectivity index is 0.00000280. The van der Waals surface area contributed by atoms with Crippen molar-refractivity contribution in [3.05, 3.63) is 48.2 Å². The van der Waals surface area contributed by atoms with Crippen molar-refractivity contribution in [1.29, 1.82) is 0 Å². The number of hydrogen-bond donors (Lipinski definition) is 3. The summed E-state index contributed by atoms with van der Waals surface area (Å²) in [5.41, 5.74) is 3.87. The summed E-state index contributed by atoms with van der Waals surface area (Å²) in [6.07, 6.45) is 8.69. The van der Waals surface area contributed by atoms with Gasteiger partial charge < -0.3 is 20.2 Å². The molecule has 2 aromatic heterocycles. The quantitative estimate of drug-likeness (QED) is 0.184. The molecular weight excluding hydrogens is 465 g/mol. The topological polar surface area (TPSA) is 82.9 Å². The number of aromatic amines is 1. The van der Waals surface area contributed by atoms with Crippen LogP contribution in [0.2, 0.25) is 0 Å². The summed E-state index contributed by atoms with van der Waals surface area (Å²) in [4.78, 5) is 8.04. The number of aliphatic imine (C=N–C) groups is 1. The maximum atomic E-state index is 4.68. The number of aromatic nitrogens is 4. The molecule has 0 aliphatic heterocycles. The van der Waals surface area contributed by atoms with E-state index in [1.165, 1.54) is 22.0 Å². The molecule has 0 amide bonds. The highest BCUT2D eigenvalue weighted by Gasteiger charge is 2.06. The highest BCUT2D eigenvalue weighted by atomic mass is 127. The number of nitrogens with one attached hydrogen (secondary N) is 3. The van der Waals surface area contributed by atoms with E-state index < -0.39 is 0 Å². The molecule has 0 aliphatic rings. The van der Waals surface area contributed by atoms with Crippen LogP contribution < -0.4 is 10.6 Å². The summed E-state index contributed by atoms with van der Waals surface area (Å²) < 4.78 is 2.00. The molecule has 0 saturated heterocycles. The smallest absolute Gasteiger partial charge is 0.191 e. The van der Waals surface area contributed by atoms with Crippen molar-refractivity contribution in [3.63, 3.8) is 0 Å². The standard InChI is InChI=1S/C20H29N7.HI/c1-3-21-20(22-10-4-5-12-27-14-25-26-15-27)23-11-9-17-13-24-18-8-6-7-16(2)19(17)18;/h6-8,13-15,24H,3-5,9-12H2,1-2H3,(H2,21,22,23);1H. The van der Waals surface area contributed by atoms with Crippen LogP contribution in [0.5, 0.6) is 0 Å². The van der Waals surface area contributed by atoms with E-state index in [0.717, 1.165) is 51.4 Å². The van der Waals surface area contributed by atoms with Gasteiger partial charge in [0, 0.05) is 43.3 Å². The van der Waals surface area contributed by atoms with Crippen LogP contribution in [0.15, 0.2) is 42.0 Å². The molecule has 3 rings (SSSR count). The molecule has 7 nitrogen and oxygen atoms in total. The molecule has 0 fully saturated rings. The lowest BCUT2D eigenvalue weighted by molar-refractivity contribution is 0.611. The number of hydrogen-bond acceptors (Lipinski definition) is 3. The van der Waals surface area contributed by atoms with Crippen molar-refractivity contribution in [2.45, 2.75) is 39.7 Å². The van der Waals surface area contributed by atoms with Crippen molar-refractivity contribution in [2.24, 2.45) is 4.99 Å². The van der Waals surface area contributed by atoms with E-state index in [4.69, 9.17) is 0 Å². The number of rotatable bonds is 9. The highest BCUT2D eigenvalue weighted by Crippen LogP contribution is 2.22. The van der Waals surface area contributed by atoms with Gasteiger partial charge in [-0.3, -0.25) is 4.99 Å². The molecular formula is C20H30IN7. The first-order valence-electron chi connectivity index (χ1n) is 9.68. The van der Waals surface area contributed by atoms with Crippen LogP contribution >= 0.6 is 24.0 Å². The first-order valence-corrected chi connectivity index (χ1v) is 9.68. The monoisotopic (exact) mass is 495 g/mol. The third-order valence-corrected chi connectivity index (χ3v) is 4.59. The second-order valence-electron chi connectivity index (χ2n) is 6.66. The minimum Gasteiger partial charge on any atom is -0.361 e. The van der Waals surface area contributed by atoms with Gasteiger partial charge in [0.05, 0.1) is 0 Å². The zero-order valence-corrected chi connectivity index (χ0v) is 18.9. The number of benzene rings is 1. The van der Waals surface area contributed by atoms with Crippen molar-refractivity contribution in [2.75, 3.05) is 19.6 Å². The summed E-state index contributed by atoms with van der Waals surface area (Å²) in [6, 6.07) is 6.39. The van der Waals surface area contributed by atoms with E-state index in [1.807, 2.05) is 4.57 Å². The van der Waals surface area contributed by atoms with Crippen LogP contribution in [0.25, 0.3) is 10.9 Å². The normalized spacial score (nSPS) is 11.4. The van der Waals surface area contributed by atoms with Crippen LogP contribution in [0, 0.1) is 6.92 Å². The summed E-state index contributed by atoms with van der Waals surface area (Å²) in [7, 11) is 0. The Labute approximate surface area is 183 Å². The van der Waals surface area contributed by atoms with Crippen LogP contribution in [-0.4, -0.2) is 45.3 Å². The number of aryl methyl sites for hydroxylation is 2. The molecule has 1 aromatic carbocycles. The van der Waals surface area contributed by atoms with Crippen LogP contribution in [0.3, 0.4) is 0 Å². The van der Waals surface area contributed by atoms with Crippen molar-refractivity contribution >= 4 is 40.8 Å². The fraction of sp³-hybridized carbons (Fsp3) is 0.450. The predicted molar refractivity (Wildman–Crippen MR) is 125 cm³/mol. The van der Waals surface area contributed by atoms with Crippen molar-refractivity contribution in [1.82, 2.24) is 30.4 Å². The number of nitrogens with zero attached hydrogens (tertiary/aromatic N) is 4. The lowest BCUT2D eigenvalue weighted by Gasteiger charge is -2.11. The molecule has 0 saturated carbocycles. The summed E-state index contributed by atoms with van der Waals surface area (Å²) >= 11 is 0. The van der Waals surface area contributed by atoms with Gasteiger partial charge in [-0.25, -0.2) is 0 Å². The number of fused-ring (bicyclic) bond motifs is 1. The van der Waals surface area contributed by atoms with Gasteiger partial charge in [-0.2, -0.15) is 0 Å². The molecule has 0 atom stereocenters. The number of unbranched alkanes of at least 4 members (excludes halogenated alkanes) is 1.